The van der Waals surface area contributed by atoms with E-state index in [9.17, 15) is 5.11 Å². The summed E-state index contributed by atoms with van der Waals surface area (Å²) in [6, 6.07) is 0. The van der Waals surface area contributed by atoms with Crippen LogP contribution in [0.15, 0.2) is 0 Å². The van der Waals surface area contributed by atoms with Crippen molar-refractivity contribution in [3.8, 4) is 0 Å². The summed E-state index contributed by atoms with van der Waals surface area (Å²) >= 11 is 0. The van der Waals surface area contributed by atoms with Crippen LogP contribution in [0.2, 0.25) is 0 Å². The van der Waals surface area contributed by atoms with Crippen LogP contribution in [0.4, 0.5) is 0 Å². The Hall–Kier alpha value is -0.120. The molecule has 1 rings (SSSR count). The van der Waals surface area contributed by atoms with Gasteiger partial charge >= 0.3 is 0 Å². The number of aliphatic hydroxyl groups is 1. The lowest BCUT2D eigenvalue weighted by atomic mass is 9.85. The van der Waals surface area contributed by atoms with E-state index in [0.717, 1.165) is 25.6 Å². The summed E-state index contributed by atoms with van der Waals surface area (Å²) in [5.41, 5.74) is 0. The van der Waals surface area contributed by atoms with E-state index in [-0.39, 0.29) is 6.10 Å². The van der Waals surface area contributed by atoms with Crippen molar-refractivity contribution in [3.63, 3.8) is 0 Å². The molecule has 0 spiro atoms. The van der Waals surface area contributed by atoms with Gasteiger partial charge in [-0.05, 0) is 39.4 Å². The third-order valence-corrected chi connectivity index (χ3v) is 2.61. The fraction of sp³-hybridized carbons (Fsp3) is 1.00. The second-order valence-corrected chi connectivity index (χ2v) is 4.37. The monoisotopic (exact) mass is 186 g/mol. The van der Waals surface area contributed by atoms with Gasteiger partial charge in [-0.2, -0.15) is 0 Å². The quantitative estimate of drug-likeness (QED) is 0.626. The predicted molar refractivity (Wildman–Crippen MR) is 54.8 cm³/mol. The summed E-state index contributed by atoms with van der Waals surface area (Å²) in [6.45, 7) is 2.57. The number of aliphatic hydroxyl groups excluding tert-OH is 1. The molecule has 1 unspecified atom stereocenters. The van der Waals surface area contributed by atoms with Crippen molar-refractivity contribution in [2.75, 3.05) is 33.7 Å². The van der Waals surface area contributed by atoms with Gasteiger partial charge in [-0.25, -0.2) is 0 Å². The number of nitrogens with zero attached hydrogens (tertiary/aromatic N) is 1. The van der Waals surface area contributed by atoms with E-state index < -0.39 is 0 Å². The molecule has 3 nitrogen and oxygen atoms in total. The molecule has 0 aromatic carbocycles. The first-order valence-electron chi connectivity index (χ1n) is 5.22. The van der Waals surface area contributed by atoms with Crippen LogP contribution in [0, 0.1) is 5.92 Å². The first-order chi connectivity index (χ1) is 6.18. The molecular formula is C10H22N2O. The van der Waals surface area contributed by atoms with Gasteiger partial charge in [-0.15, -0.1) is 0 Å². The van der Waals surface area contributed by atoms with Crippen LogP contribution in [0.3, 0.4) is 0 Å². The average Bonchev–Trinajstić information content (AvgIpc) is 1.92. The van der Waals surface area contributed by atoms with Crippen LogP contribution in [0.5, 0.6) is 0 Å². The van der Waals surface area contributed by atoms with E-state index in [2.05, 4.69) is 5.32 Å². The minimum Gasteiger partial charge on any atom is -0.390 e. The van der Waals surface area contributed by atoms with E-state index in [1.54, 1.807) is 0 Å². The molecular weight excluding hydrogens is 164 g/mol. The molecule has 2 N–H and O–H groups in total. The van der Waals surface area contributed by atoms with Crippen molar-refractivity contribution in [2.24, 2.45) is 5.92 Å². The number of nitrogens with one attached hydrogen (secondary N) is 1. The summed E-state index contributed by atoms with van der Waals surface area (Å²) in [7, 11) is 3.96. The van der Waals surface area contributed by atoms with E-state index in [4.69, 9.17) is 0 Å². The second kappa shape index (κ2) is 5.58. The van der Waals surface area contributed by atoms with Crippen molar-refractivity contribution in [2.45, 2.75) is 25.4 Å². The van der Waals surface area contributed by atoms with E-state index in [1.807, 2.05) is 19.0 Å². The van der Waals surface area contributed by atoms with Gasteiger partial charge in [0.05, 0.1) is 6.10 Å². The molecule has 0 heterocycles. The highest BCUT2D eigenvalue weighted by Gasteiger charge is 2.16. The maximum Gasteiger partial charge on any atom is 0.0791 e. The zero-order chi connectivity index (χ0) is 9.68. The fourth-order valence-corrected chi connectivity index (χ4v) is 1.64. The molecule has 13 heavy (non-hydrogen) atoms. The van der Waals surface area contributed by atoms with Gasteiger partial charge in [0.1, 0.15) is 0 Å². The molecule has 1 atom stereocenters. The van der Waals surface area contributed by atoms with Crippen molar-refractivity contribution in [3.05, 3.63) is 0 Å². The fourth-order valence-electron chi connectivity index (χ4n) is 1.64. The summed E-state index contributed by atoms with van der Waals surface area (Å²) in [5, 5.41) is 12.8. The molecule has 0 saturated heterocycles. The van der Waals surface area contributed by atoms with Gasteiger partial charge in [0.25, 0.3) is 0 Å². The van der Waals surface area contributed by atoms with Gasteiger partial charge in [0.15, 0.2) is 0 Å². The molecule has 1 aliphatic carbocycles. The van der Waals surface area contributed by atoms with E-state index >= 15 is 0 Å². The maximum atomic E-state index is 9.52. The predicted octanol–water partition coefficient (Wildman–Crippen LogP) is 0.299. The molecule has 1 fully saturated rings. The van der Waals surface area contributed by atoms with Crippen molar-refractivity contribution >= 4 is 0 Å². The zero-order valence-corrected chi connectivity index (χ0v) is 8.79. The lowest BCUT2D eigenvalue weighted by Crippen LogP contribution is -2.37. The third kappa shape index (κ3) is 4.60. The summed E-state index contributed by atoms with van der Waals surface area (Å²) < 4.78 is 0. The highest BCUT2D eigenvalue weighted by Crippen LogP contribution is 2.24. The summed E-state index contributed by atoms with van der Waals surface area (Å²) in [5.74, 6) is 0.881. The zero-order valence-electron chi connectivity index (χ0n) is 8.79. The minimum atomic E-state index is -0.227. The lowest BCUT2D eigenvalue weighted by Gasteiger charge is -2.26. The Balaban J connectivity index is 1.91. The second-order valence-electron chi connectivity index (χ2n) is 4.37. The number of hydrogen-bond donors (Lipinski definition) is 2. The average molecular weight is 186 g/mol. The van der Waals surface area contributed by atoms with Gasteiger partial charge in [0.2, 0.25) is 0 Å². The van der Waals surface area contributed by atoms with Crippen LogP contribution in [0.1, 0.15) is 19.3 Å². The van der Waals surface area contributed by atoms with Crippen LogP contribution >= 0.6 is 0 Å². The molecule has 78 valence electrons. The Bertz CT molecular complexity index is 135. The van der Waals surface area contributed by atoms with Gasteiger partial charge in [-0.3, -0.25) is 0 Å². The Labute approximate surface area is 81.1 Å². The molecule has 0 aromatic heterocycles. The summed E-state index contributed by atoms with van der Waals surface area (Å²) in [4.78, 5) is 2.01. The molecule has 3 heteroatoms. The van der Waals surface area contributed by atoms with Gasteiger partial charge in [0, 0.05) is 13.1 Å². The highest BCUT2D eigenvalue weighted by molar-refractivity contribution is 4.72. The number of hydrogen-bond acceptors (Lipinski definition) is 3. The minimum absolute atomic E-state index is 0.227. The van der Waals surface area contributed by atoms with E-state index in [0.29, 0.717) is 0 Å². The third-order valence-electron chi connectivity index (χ3n) is 2.61. The lowest BCUT2D eigenvalue weighted by molar-refractivity contribution is 0.131. The van der Waals surface area contributed by atoms with Gasteiger partial charge < -0.3 is 15.3 Å². The first-order valence-corrected chi connectivity index (χ1v) is 5.22. The standard InChI is InChI=1S/C10H22N2O/c1-12(2)8-10(13)7-11-6-9-4-3-5-9/h9-11,13H,3-8H2,1-2H3. The first kappa shape index (κ1) is 11.0. The molecule has 0 aromatic rings. The number of likely N-dealkylation sites (N-methyl/N-ethyl adjacent to an activating group) is 1. The normalized spacial score (nSPS) is 20.3. The van der Waals surface area contributed by atoms with Crippen LogP contribution in [0.25, 0.3) is 0 Å². The largest absolute Gasteiger partial charge is 0.390 e. The maximum absolute atomic E-state index is 9.52. The highest BCUT2D eigenvalue weighted by atomic mass is 16.3. The Morgan fingerprint density at radius 2 is 2.15 bits per heavy atom. The smallest absolute Gasteiger partial charge is 0.0791 e. The van der Waals surface area contributed by atoms with Crippen LogP contribution in [-0.2, 0) is 0 Å². The Morgan fingerprint density at radius 1 is 1.46 bits per heavy atom. The summed E-state index contributed by atoms with van der Waals surface area (Å²) in [6.07, 6.45) is 3.91. The van der Waals surface area contributed by atoms with Crippen LogP contribution in [-0.4, -0.2) is 49.8 Å². The van der Waals surface area contributed by atoms with E-state index in [1.165, 1.54) is 19.3 Å². The number of rotatable bonds is 6. The molecule has 0 aliphatic heterocycles. The van der Waals surface area contributed by atoms with Gasteiger partial charge in [-0.1, -0.05) is 6.42 Å². The van der Waals surface area contributed by atoms with Crippen LogP contribution < -0.4 is 5.32 Å². The Morgan fingerprint density at radius 3 is 2.62 bits per heavy atom. The SMILES string of the molecule is CN(C)CC(O)CNCC1CCC1. The van der Waals surface area contributed by atoms with Crippen molar-refractivity contribution in [1.82, 2.24) is 10.2 Å². The van der Waals surface area contributed by atoms with Crippen molar-refractivity contribution < 1.29 is 5.11 Å². The molecule has 1 aliphatic rings. The topological polar surface area (TPSA) is 35.5 Å². The molecule has 1 saturated carbocycles. The Kier molecular flexibility index (Phi) is 4.70. The molecule has 0 radical (unpaired) electrons. The molecule has 0 bridgehead atoms. The molecule has 0 amide bonds. The van der Waals surface area contributed by atoms with Crippen molar-refractivity contribution in [1.29, 1.82) is 0 Å².